The van der Waals surface area contributed by atoms with Crippen LogP contribution < -0.4 is 15.3 Å². The van der Waals surface area contributed by atoms with Gasteiger partial charge in [0.25, 0.3) is 0 Å². The van der Waals surface area contributed by atoms with Crippen molar-refractivity contribution in [3.63, 3.8) is 0 Å². The molecule has 0 aliphatic carbocycles. The van der Waals surface area contributed by atoms with Crippen molar-refractivity contribution < 1.29 is 10.0 Å². The summed E-state index contributed by atoms with van der Waals surface area (Å²) in [5, 5.41) is 33.6. The Morgan fingerprint density at radius 1 is 0.200 bits per heavy atom. The Bertz CT molecular complexity index is 7210. The molecule has 8 heteroatoms. The molecule has 0 atom stereocenters. The van der Waals surface area contributed by atoms with Gasteiger partial charge < -0.3 is 29.0 Å². The molecule has 0 aliphatic heterocycles. The number of hydrogen-bond acceptors (Lipinski definition) is 4. The number of para-hydroxylation sites is 4. The van der Waals surface area contributed by atoms with E-state index < -0.39 is 7.12 Å². The van der Waals surface area contributed by atoms with Crippen LogP contribution in [0.4, 0.5) is 34.1 Å². The van der Waals surface area contributed by atoms with Crippen molar-refractivity contribution in [2.75, 3.05) is 9.80 Å². The average Bonchev–Trinajstić information content (AvgIpc) is 1.60. The van der Waals surface area contributed by atoms with Crippen molar-refractivity contribution in [1.82, 2.24) is 9.13 Å². The van der Waals surface area contributed by atoms with Gasteiger partial charge in [-0.3, -0.25) is 0 Å². The van der Waals surface area contributed by atoms with Crippen molar-refractivity contribution in [2.24, 2.45) is 0 Å². The summed E-state index contributed by atoms with van der Waals surface area (Å²) in [7, 11) is -1.46. The monoisotopic (exact) mass is 1600 g/mol. The second-order valence-corrected chi connectivity index (χ2v) is 31.2. The van der Waals surface area contributed by atoms with Crippen LogP contribution in [-0.4, -0.2) is 26.3 Å². The first kappa shape index (κ1) is 74.0. The molecule has 20 aromatic carbocycles. The van der Waals surface area contributed by atoms with Crippen LogP contribution in [0.3, 0.4) is 0 Å². The van der Waals surface area contributed by atoms with Crippen LogP contribution in [0.25, 0.3) is 154 Å². The van der Waals surface area contributed by atoms with Crippen LogP contribution in [0.1, 0.15) is 0 Å². The third kappa shape index (κ3) is 14.4. The first-order chi connectivity index (χ1) is 59.3. The maximum absolute atomic E-state index is 9.43. The lowest BCUT2D eigenvalue weighted by molar-refractivity contribution is 0.426. The molecule has 6 nitrogen and oxygen atoms in total. The number of hydrogen-bond donors (Lipinski definition) is 2. The Morgan fingerprint density at radius 3 is 0.800 bits per heavy atom. The molecule has 0 unspecified atom stereocenters. The normalized spacial score (nSPS) is 11.3. The Hall–Kier alpha value is -14.9. The van der Waals surface area contributed by atoms with Crippen LogP contribution in [-0.2, 0) is 0 Å². The molecule has 0 amide bonds. The zero-order chi connectivity index (χ0) is 80.4. The Balaban J connectivity index is 0.000000128. The summed E-state index contributed by atoms with van der Waals surface area (Å²) in [5.41, 5.74) is 26.2. The predicted molar refractivity (Wildman–Crippen MR) is 512 cm³/mol. The number of halogens is 1. The SMILES string of the molecule is Brc1ccc(N(c2ccc(-c3cccc4ccccc34)cc2)c2ccc(-c3cccc4ccccc34)cc2)cc1.OB(O)c1ccc2c(c1)c1ccccc1n2-c1ccccc1.c1ccc(-n2c3ccccc3c3cc(-c4ccc(N(c5ccc(-c6cccc7ccccc67)cc5)c5ccc(-c6cccc7ccccc67)cc5)cc4)ccc32)cc1. The van der Waals surface area contributed by atoms with E-state index in [4.69, 9.17) is 0 Å². The minimum absolute atomic E-state index is 0.503. The summed E-state index contributed by atoms with van der Waals surface area (Å²) in [6, 6.07) is 164. The van der Waals surface area contributed by atoms with Gasteiger partial charge in [-0.05, 0) is 244 Å². The highest BCUT2D eigenvalue weighted by molar-refractivity contribution is 9.10. The molecule has 0 saturated carbocycles. The topological polar surface area (TPSA) is 56.8 Å². The quantitative estimate of drug-likeness (QED) is 0.107. The summed E-state index contributed by atoms with van der Waals surface area (Å²) >= 11 is 3.60. The molecule has 22 rings (SSSR count). The molecule has 0 fully saturated rings. The lowest BCUT2D eigenvalue weighted by Crippen LogP contribution is -2.29. The van der Waals surface area contributed by atoms with Crippen molar-refractivity contribution >= 4 is 149 Å². The van der Waals surface area contributed by atoms with E-state index >= 15 is 0 Å². The zero-order valence-electron chi connectivity index (χ0n) is 65.5. The van der Waals surface area contributed by atoms with Gasteiger partial charge in [-0.25, -0.2) is 0 Å². The van der Waals surface area contributed by atoms with E-state index in [0.29, 0.717) is 5.46 Å². The molecule has 0 bridgehead atoms. The Labute approximate surface area is 705 Å². The van der Waals surface area contributed by atoms with Crippen molar-refractivity contribution in [2.45, 2.75) is 0 Å². The van der Waals surface area contributed by atoms with Crippen LogP contribution in [0.5, 0.6) is 0 Å². The summed E-state index contributed by atoms with van der Waals surface area (Å²) < 4.78 is 5.62. The smallest absolute Gasteiger partial charge is 0.423 e. The van der Waals surface area contributed by atoms with Gasteiger partial charge in [-0.15, -0.1) is 0 Å². The fourth-order valence-electron chi connectivity index (χ4n) is 17.4. The first-order valence-corrected chi connectivity index (χ1v) is 41.4. The van der Waals surface area contributed by atoms with Crippen molar-refractivity contribution in [3.8, 4) is 67.0 Å². The fourth-order valence-corrected chi connectivity index (χ4v) is 17.6. The highest BCUT2D eigenvalue weighted by Crippen LogP contribution is 2.44. The van der Waals surface area contributed by atoms with Gasteiger partial charge in [0, 0.05) is 71.5 Å². The third-order valence-corrected chi connectivity index (χ3v) is 23.7. The summed E-state index contributed by atoms with van der Waals surface area (Å²) in [6.07, 6.45) is 0. The zero-order valence-corrected chi connectivity index (χ0v) is 67.1. The highest BCUT2D eigenvalue weighted by Gasteiger charge is 2.21. The van der Waals surface area contributed by atoms with E-state index in [0.717, 1.165) is 66.1 Å². The number of aromatic nitrogens is 2. The van der Waals surface area contributed by atoms with Gasteiger partial charge in [-0.1, -0.05) is 337 Å². The number of nitrogens with zero attached hydrogens (tertiary/aromatic N) is 4. The molecule has 2 heterocycles. The van der Waals surface area contributed by atoms with Gasteiger partial charge in [0.1, 0.15) is 0 Å². The molecular formula is C112H78BBrN4O2. The minimum atomic E-state index is -1.46. The maximum Gasteiger partial charge on any atom is 0.488 e. The second kappa shape index (κ2) is 32.7. The predicted octanol–water partition coefficient (Wildman–Crippen LogP) is 29.6. The molecule has 568 valence electrons. The average molecular weight is 1600 g/mol. The van der Waals surface area contributed by atoms with Gasteiger partial charge >= 0.3 is 7.12 Å². The van der Waals surface area contributed by atoms with Crippen LogP contribution in [0, 0.1) is 0 Å². The van der Waals surface area contributed by atoms with Gasteiger partial charge in [0.2, 0.25) is 0 Å². The summed E-state index contributed by atoms with van der Waals surface area (Å²) in [4.78, 5) is 4.67. The first-order valence-electron chi connectivity index (χ1n) is 40.6. The van der Waals surface area contributed by atoms with E-state index in [1.54, 1.807) is 6.07 Å². The van der Waals surface area contributed by atoms with Crippen molar-refractivity contribution in [3.05, 3.63) is 466 Å². The highest BCUT2D eigenvalue weighted by atomic mass is 79.9. The minimum Gasteiger partial charge on any atom is -0.423 e. The van der Waals surface area contributed by atoms with E-state index in [9.17, 15) is 10.0 Å². The number of rotatable bonds is 14. The summed E-state index contributed by atoms with van der Waals surface area (Å²) in [6.45, 7) is 0. The lowest BCUT2D eigenvalue weighted by Gasteiger charge is -2.26. The van der Waals surface area contributed by atoms with Crippen molar-refractivity contribution in [1.29, 1.82) is 0 Å². The molecule has 2 aromatic heterocycles. The third-order valence-electron chi connectivity index (χ3n) is 23.1. The van der Waals surface area contributed by atoms with Gasteiger partial charge in [0.15, 0.2) is 0 Å². The standard InChI is InChI=1S/C56H38N2.C38H26BrN.C18H14BNO2/c1-2-16-45(17-3-1)58-55-23-9-8-20-53(55)54-38-44(30-37-56(54)58)39-24-31-46(32-25-39)57(47-33-26-42(27-34-47)51-21-10-14-40-12-4-6-18-49(40)51)48-35-28-43(29-36-48)52-22-11-15-41-13-5-7-19-50(41)52;39-31-19-25-34(26-20-31)40(32-21-15-29(16-22-32)37-13-5-9-27-7-1-3-11-35(27)37)33-23-17-30(18-24-33)38-14-6-10-28-8-2-4-12-36(28)38;21-19(22)13-10-11-18-16(12-13)15-8-4-5-9-17(15)20(18)14-6-2-1-3-7-14/h1-38H;1-26H;1-12,21-22H. The fraction of sp³-hybridized carbons (Fsp3) is 0. The van der Waals surface area contributed by atoms with Gasteiger partial charge in [0.05, 0.1) is 22.1 Å². The van der Waals surface area contributed by atoms with Crippen LogP contribution in [0.2, 0.25) is 0 Å². The lowest BCUT2D eigenvalue weighted by atomic mass is 9.80. The maximum atomic E-state index is 9.43. The second-order valence-electron chi connectivity index (χ2n) is 30.2. The van der Waals surface area contributed by atoms with E-state index in [1.165, 1.54) is 126 Å². The van der Waals surface area contributed by atoms with Crippen LogP contribution >= 0.6 is 15.9 Å². The Morgan fingerprint density at radius 2 is 0.458 bits per heavy atom. The molecule has 0 radical (unpaired) electrons. The Kier molecular flexibility index (Phi) is 20.1. The number of benzene rings is 20. The van der Waals surface area contributed by atoms with Crippen LogP contribution in [0.15, 0.2) is 466 Å². The largest absolute Gasteiger partial charge is 0.488 e. The molecule has 0 aliphatic rings. The van der Waals surface area contributed by atoms with E-state index in [-0.39, 0.29) is 0 Å². The molecule has 0 spiro atoms. The molecule has 0 saturated heterocycles. The number of fused-ring (bicyclic) bond motifs is 10. The van der Waals surface area contributed by atoms with E-state index in [2.05, 4.69) is 447 Å². The summed E-state index contributed by atoms with van der Waals surface area (Å²) in [5.74, 6) is 0. The van der Waals surface area contributed by atoms with Gasteiger partial charge in [-0.2, -0.15) is 0 Å². The van der Waals surface area contributed by atoms with E-state index in [1.807, 2.05) is 42.5 Å². The molecule has 120 heavy (non-hydrogen) atoms. The molecule has 22 aromatic rings. The number of anilines is 6. The molecular weight excluding hydrogens is 1520 g/mol. The molecule has 2 N–H and O–H groups in total.